The summed E-state index contributed by atoms with van der Waals surface area (Å²) in [5.41, 5.74) is 4.68. The molecule has 1 aliphatic rings. The molecule has 47 heavy (non-hydrogen) atoms. The standard InChI is InChI=1S/C33H37FN8O3Si.ClH/c1-44-28-12-7-24(8-13-28)18-40-19-26(36-38-40)17-35-16-23-5-9-25(10-6-23)30-14-11-27(15-31(30)34)42-21-29(45-33(42)43)20-41-22-32(37-39-41)46(2,3)4;/h5-15,19,22,29,35H,16-18,20-21H2,1-4H3;1H/t29-;/m0./s1. The van der Waals surface area contributed by atoms with Crippen molar-refractivity contribution in [1.82, 2.24) is 35.3 Å². The van der Waals surface area contributed by atoms with Crippen molar-refractivity contribution < 1.29 is 18.7 Å². The first-order valence-corrected chi connectivity index (χ1v) is 18.6. The van der Waals surface area contributed by atoms with Crippen LogP contribution in [-0.4, -0.2) is 63.9 Å². The van der Waals surface area contributed by atoms with Crippen LogP contribution in [0.2, 0.25) is 19.6 Å². The largest absolute Gasteiger partial charge is 0.497 e. The van der Waals surface area contributed by atoms with Crippen molar-refractivity contribution in [2.24, 2.45) is 0 Å². The maximum atomic E-state index is 15.3. The molecule has 14 heteroatoms. The molecule has 0 unspecified atom stereocenters. The van der Waals surface area contributed by atoms with Crippen LogP contribution < -0.4 is 20.3 Å². The van der Waals surface area contributed by atoms with Gasteiger partial charge in [-0.05, 0) is 47.0 Å². The molecule has 1 amide bonds. The monoisotopic (exact) mass is 676 g/mol. The van der Waals surface area contributed by atoms with Gasteiger partial charge in [0.05, 0.1) is 49.6 Å². The van der Waals surface area contributed by atoms with E-state index in [2.05, 4.69) is 45.6 Å². The van der Waals surface area contributed by atoms with Crippen LogP contribution in [0.25, 0.3) is 11.1 Å². The van der Waals surface area contributed by atoms with Gasteiger partial charge in [0.15, 0.2) is 0 Å². The van der Waals surface area contributed by atoms with Crippen LogP contribution >= 0.6 is 12.4 Å². The maximum Gasteiger partial charge on any atom is 0.414 e. The fourth-order valence-electron chi connectivity index (χ4n) is 5.23. The molecule has 246 valence electrons. The first kappa shape index (κ1) is 33.8. The molecular weight excluding hydrogens is 639 g/mol. The Kier molecular flexibility index (Phi) is 10.4. The molecule has 1 N–H and O–H groups in total. The second kappa shape index (κ2) is 14.4. The summed E-state index contributed by atoms with van der Waals surface area (Å²) in [4.78, 5) is 14.1. The third kappa shape index (κ3) is 8.23. The minimum Gasteiger partial charge on any atom is -0.497 e. The van der Waals surface area contributed by atoms with Gasteiger partial charge in [-0.25, -0.2) is 18.5 Å². The number of hydrogen-bond acceptors (Lipinski definition) is 8. The number of aromatic nitrogens is 6. The minimum atomic E-state index is -1.59. The zero-order valence-electron chi connectivity index (χ0n) is 26.8. The lowest BCUT2D eigenvalue weighted by molar-refractivity contribution is 0.129. The topological polar surface area (TPSA) is 112 Å². The van der Waals surface area contributed by atoms with Gasteiger partial charge in [0.2, 0.25) is 0 Å². The van der Waals surface area contributed by atoms with Crippen LogP contribution in [-0.2, 0) is 30.9 Å². The van der Waals surface area contributed by atoms with Crippen molar-refractivity contribution in [2.45, 2.75) is 51.9 Å². The Labute approximate surface area is 280 Å². The lowest BCUT2D eigenvalue weighted by atomic mass is 10.0. The summed E-state index contributed by atoms with van der Waals surface area (Å²) in [6.07, 6.45) is 2.95. The zero-order valence-corrected chi connectivity index (χ0v) is 28.6. The molecule has 1 fully saturated rings. The van der Waals surface area contributed by atoms with E-state index in [4.69, 9.17) is 9.47 Å². The Balaban J connectivity index is 0.00000433. The van der Waals surface area contributed by atoms with Crippen LogP contribution in [0.15, 0.2) is 79.1 Å². The molecule has 0 aliphatic carbocycles. The minimum absolute atomic E-state index is 0. The van der Waals surface area contributed by atoms with E-state index in [1.165, 1.54) is 11.0 Å². The van der Waals surface area contributed by atoms with E-state index in [0.29, 0.717) is 44.0 Å². The van der Waals surface area contributed by atoms with E-state index in [0.717, 1.165) is 33.5 Å². The van der Waals surface area contributed by atoms with Crippen molar-refractivity contribution >= 4 is 37.6 Å². The van der Waals surface area contributed by atoms with Crippen molar-refractivity contribution in [3.05, 3.63) is 102 Å². The summed E-state index contributed by atoms with van der Waals surface area (Å²) >= 11 is 0. The number of benzene rings is 3. The molecule has 11 nitrogen and oxygen atoms in total. The Morgan fingerprint density at radius 1 is 0.936 bits per heavy atom. The summed E-state index contributed by atoms with van der Waals surface area (Å²) in [6.45, 7) is 9.12. The molecule has 5 aromatic rings. The van der Waals surface area contributed by atoms with Crippen molar-refractivity contribution in [1.29, 1.82) is 0 Å². The van der Waals surface area contributed by atoms with Gasteiger partial charge in [0.25, 0.3) is 0 Å². The van der Waals surface area contributed by atoms with Crippen LogP contribution in [0, 0.1) is 5.82 Å². The van der Waals surface area contributed by atoms with Gasteiger partial charge in [-0.1, -0.05) is 66.5 Å². The Bertz CT molecular complexity index is 1810. The number of cyclic esters (lactones) is 1. The predicted molar refractivity (Wildman–Crippen MR) is 182 cm³/mol. The van der Waals surface area contributed by atoms with Gasteiger partial charge in [0.1, 0.15) is 25.7 Å². The summed E-state index contributed by atoms with van der Waals surface area (Å²) in [5, 5.41) is 21.4. The fourth-order valence-corrected chi connectivity index (χ4v) is 6.11. The fraction of sp³-hybridized carbons (Fsp3) is 0.303. The van der Waals surface area contributed by atoms with Gasteiger partial charge in [0, 0.05) is 24.8 Å². The average molecular weight is 677 g/mol. The Morgan fingerprint density at radius 2 is 1.66 bits per heavy atom. The average Bonchev–Trinajstić information content (AvgIpc) is 3.78. The number of nitrogens with zero attached hydrogens (tertiary/aromatic N) is 7. The first-order valence-electron chi connectivity index (χ1n) is 15.1. The zero-order chi connectivity index (χ0) is 32.3. The number of anilines is 1. The molecule has 0 bridgehead atoms. The van der Waals surface area contributed by atoms with Crippen molar-refractivity contribution in [3.8, 4) is 16.9 Å². The number of amides is 1. The van der Waals surface area contributed by atoms with Crippen LogP contribution in [0.3, 0.4) is 0 Å². The number of carbonyl (C=O) groups is 1. The molecule has 1 aliphatic heterocycles. The Hall–Kier alpha value is -4.59. The molecule has 3 aromatic carbocycles. The lowest BCUT2D eigenvalue weighted by Gasteiger charge is -2.15. The highest BCUT2D eigenvalue weighted by molar-refractivity contribution is 6.88. The summed E-state index contributed by atoms with van der Waals surface area (Å²) < 4.78 is 29.6. The highest BCUT2D eigenvalue weighted by Gasteiger charge is 2.33. The highest BCUT2D eigenvalue weighted by atomic mass is 35.5. The smallest absolute Gasteiger partial charge is 0.414 e. The summed E-state index contributed by atoms with van der Waals surface area (Å²) in [5.74, 6) is 0.410. The SMILES string of the molecule is COc1ccc(Cn2cc(CNCc3ccc(-c4ccc(N5C[C@H](Cn6cc([Si](C)(C)C)nn6)OC5=O)cc4F)cc3)nn2)cc1.Cl. The molecule has 6 rings (SSSR count). The molecule has 0 saturated carbocycles. The molecule has 0 spiro atoms. The number of hydrogen-bond donors (Lipinski definition) is 1. The number of carbonyl (C=O) groups excluding carboxylic acids is 1. The van der Waals surface area contributed by atoms with E-state index in [1.807, 2.05) is 60.9 Å². The molecule has 3 heterocycles. The van der Waals surface area contributed by atoms with E-state index in [9.17, 15) is 4.79 Å². The van der Waals surface area contributed by atoms with Gasteiger partial charge in [-0.3, -0.25) is 4.90 Å². The molecular formula is C33H38ClFN8O3Si. The summed E-state index contributed by atoms with van der Waals surface area (Å²) in [6, 6.07) is 20.4. The van der Waals surface area contributed by atoms with Gasteiger partial charge in [-0.15, -0.1) is 22.6 Å². The highest BCUT2D eigenvalue weighted by Crippen LogP contribution is 2.29. The second-order valence-corrected chi connectivity index (χ2v) is 17.4. The normalized spacial score (nSPS) is 14.6. The number of methoxy groups -OCH3 is 1. The summed E-state index contributed by atoms with van der Waals surface area (Å²) in [7, 11) is 0.0612. The van der Waals surface area contributed by atoms with E-state index in [1.54, 1.807) is 28.6 Å². The molecule has 0 radical (unpaired) electrons. The van der Waals surface area contributed by atoms with Gasteiger partial charge in [-0.2, -0.15) is 0 Å². The third-order valence-corrected chi connectivity index (χ3v) is 9.59. The van der Waals surface area contributed by atoms with Gasteiger partial charge >= 0.3 is 6.09 Å². The number of rotatable bonds is 12. The van der Waals surface area contributed by atoms with Crippen molar-refractivity contribution in [2.75, 3.05) is 18.6 Å². The van der Waals surface area contributed by atoms with Crippen LogP contribution in [0.5, 0.6) is 5.75 Å². The molecule has 1 atom stereocenters. The van der Waals surface area contributed by atoms with E-state index < -0.39 is 26.1 Å². The van der Waals surface area contributed by atoms with E-state index in [-0.39, 0.29) is 12.4 Å². The van der Waals surface area contributed by atoms with Gasteiger partial charge < -0.3 is 14.8 Å². The Morgan fingerprint density at radius 3 is 2.34 bits per heavy atom. The number of nitrogens with one attached hydrogen (secondary N) is 1. The van der Waals surface area contributed by atoms with Crippen LogP contribution in [0.1, 0.15) is 16.8 Å². The first-order chi connectivity index (χ1) is 22.1. The van der Waals surface area contributed by atoms with E-state index >= 15 is 4.39 Å². The van der Waals surface area contributed by atoms with Crippen LogP contribution in [0.4, 0.5) is 14.9 Å². The predicted octanol–water partition coefficient (Wildman–Crippen LogP) is 5.01. The quantitative estimate of drug-likeness (QED) is 0.184. The second-order valence-electron chi connectivity index (χ2n) is 12.4. The third-order valence-electron chi connectivity index (χ3n) is 7.83. The van der Waals surface area contributed by atoms with Crippen molar-refractivity contribution in [3.63, 3.8) is 0 Å². The number of halogens is 2. The molecule has 2 aromatic heterocycles. The molecule has 1 saturated heterocycles. The maximum absolute atomic E-state index is 15.3. The lowest BCUT2D eigenvalue weighted by Crippen LogP contribution is -2.38. The number of ether oxygens (including phenoxy) is 2.